The van der Waals surface area contributed by atoms with Gasteiger partial charge < -0.3 is 4.98 Å². The number of nitrogens with one attached hydrogen (secondary N) is 1. The molecule has 4 aromatic carbocycles. The smallest absolute Gasteiger partial charge is 0.0788 e. The molecule has 0 radical (unpaired) electrons. The largest absolute Gasteiger partial charge is 0.354 e. The van der Waals surface area contributed by atoms with Crippen LogP contribution in [0.2, 0.25) is 0 Å². The molecule has 1 aromatic heterocycles. The molecule has 37 heavy (non-hydrogen) atoms. The van der Waals surface area contributed by atoms with Crippen molar-refractivity contribution in [3.05, 3.63) is 142 Å². The molecule has 180 valence electrons. The van der Waals surface area contributed by atoms with Gasteiger partial charge in [0.25, 0.3) is 0 Å². The van der Waals surface area contributed by atoms with Gasteiger partial charge in [0.1, 0.15) is 0 Å². The highest BCUT2D eigenvalue weighted by Gasteiger charge is 2.22. The minimum atomic E-state index is 0.981. The Kier molecular flexibility index (Phi) is 5.73. The van der Waals surface area contributed by atoms with Gasteiger partial charge in [-0.2, -0.15) is 0 Å². The van der Waals surface area contributed by atoms with Gasteiger partial charge in [0.2, 0.25) is 0 Å². The van der Waals surface area contributed by atoms with E-state index in [-0.39, 0.29) is 0 Å². The van der Waals surface area contributed by atoms with E-state index in [1.54, 1.807) is 0 Å². The number of aliphatic imine (C=N–C) groups is 1. The molecule has 0 atom stereocenters. The summed E-state index contributed by atoms with van der Waals surface area (Å²) in [5, 5.41) is 0. The summed E-state index contributed by atoms with van der Waals surface area (Å²) in [7, 11) is 0. The molecule has 1 aliphatic rings. The predicted octanol–water partition coefficient (Wildman–Crippen LogP) is 8.93. The first kappa shape index (κ1) is 23.0. The Morgan fingerprint density at radius 3 is 1.95 bits per heavy atom. The van der Waals surface area contributed by atoms with E-state index in [0.29, 0.717) is 0 Å². The zero-order chi connectivity index (χ0) is 25.5. The van der Waals surface area contributed by atoms with Crippen molar-refractivity contribution in [2.75, 3.05) is 0 Å². The second-order valence-corrected chi connectivity index (χ2v) is 10.1. The molecular formula is C35H30N2. The Hall–Kier alpha value is -4.43. The first-order valence-electron chi connectivity index (χ1n) is 12.8. The number of fused-ring (bicyclic) bond motifs is 1. The lowest BCUT2D eigenvalue weighted by Crippen LogP contribution is -2.00. The SMILES string of the molecule is Cc1ccc(C2=NC(=Cc3[nH]c(-c4c(C)cc(C)cc4C)cc3-c3ccccc3)c3ccccc32)cc1. The van der Waals surface area contributed by atoms with Crippen molar-refractivity contribution < 1.29 is 0 Å². The maximum atomic E-state index is 5.17. The summed E-state index contributed by atoms with van der Waals surface area (Å²) in [5.74, 6) is 0. The van der Waals surface area contributed by atoms with Crippen LogP contribution in [-0.2, 0) is 0 Å². The summed E-state index contributed by atoms with van der Waals surface area (Å²) in [6.07, 6.45) is 2.21. The minimum absolute atomic E-state index is 0.981. The Morgan fingerprint density at radius 1 is 0.595 bits per heavy atom. The molecule has 0 fully saturated rings. The van der Waals surface area contributed by atoms with E-state index >= 15 is 0 Å². The maximum Gasteiger partial charge on any atom is 0.0788 e. The lowest BCUT2D eigenvalue weighted by Gasteiger charge is -2.09. The summed E-state index contributed by atoms with van der Waals surface area (Å²) < 4.78 is 0. The van der Waals surface area contributed by atoms with Gasteiger partial charge in [-0.15, -0.1) is 0 Å². The van der Waals surface area contributed by atoms with E-state index in [1.807, 2.05) is 0 Å². The number of benzene rings is 4. The summed E-state index contributed by atoms with van der Waals surface area (Å²) in [4.78, 5) is 8.94. The molecule has 0 saturated carbocycles. The van der Waals surface area contributed by atoms with Gasteiger partial charge in [-0.25, -0.2) is 4.99 Å². The van der Waals surface area contributed by atoms with Crippen LogP contribution in [0.4, 0.5) is 0 Å². The summed E-state index contributed by atoms with van der Waals surface area (Å²) in [5.41, 5.74) is 16.4. The lowest BCUT2D eigenvalue weighted by molar-refractivity contribution is 1.28. The average Bonchev–Trinajstić information content (AvgIpc) is 3.47. The van der Waals surface area contributed by atoms with Crippen LogP contribution >= 0.6 is 0 Å². The van der Waals surface area contributed by atoms with Gasteiger partial charge in [0.05, 0.1) is 11.4 Å². The number of aromatic amines is 1. The summed E-state index contributed by atoms with van der Waals surface area (Å²) >= 11 is 0. The number of H-pyrrole nitrogens is 1. The van der Waals surface area contributed by atoms with Crippen molar-refractivity contribution in [2.24, 2.45) is 4.99 Å². The number of nitrogens with zero attached hydrogens (tertiary/aromatic N) is 1. The highest BCUT2D eigenvalue weighted by molar-refractivity contribution is 6.21. The monoisotopic (exact) mass is 478 g/mol. The number of hydrogen-bond donors (Lipinski definition) is 1. The van der Waals surface area contributed by atoms with Gasteiger partial charge >= 0.3 is 0 Å². The number of aromatic nitrogens is 1. The van der Waals surface area contributed by atoms with Crippen LogP contribution in [0.25, 0.3) is 34.2 Å². The van der Waals surface area contributed by atoms with Gasteiger partial charge in [0, 0.05) is 39.2 Å². The Labute approximate surface area is 219 Å². The van der Waals surface area contributed by atoms with Crippen LogP contribution in [0.3, 0.4) is 0 Å². The Bertz CT molecular complexity index is 1660. The minimum Gasteiger partial charge on any atom is -0.354 e. The normalized spacial score (nSPS) is 13.6. The molecule has 0 aliphatic carbocycles. The molecule has 0 bridgehead atoms. The quantitative estimate of drug-likeness (QED) is 0.267. The second-order valence-electron chi connectivity index (χ2n) is 10.1. The van der Waals surface area contributed by atoms with Crippen LogP contribution in [0, 0.1) is 27.7 Å². The maximum absolute atomic E-state index is 5.17. The molecule has 2 heteroatoms. The van der Waals surface area contributed by atoms with E-state index in [9.17, 15) is 0 Å². The van der Waals surface area contributed by atoms with Gasteiger partial charge in [-0.1, -0.05) is 102 Å². The molecule has 2 heterocycles. The molecule has 1 aliphatic heterocycles. The predicted molar refractivity (Wildman–Crippen MR) is 157 cm³/mol. The summed E-state index contributed by atoms with van der Waals surface area (Å²) in [6.45, 7) is 8.67. The zero-order valence-electron chi connectivity index (χ0n) is 21.8. The van der Waals surface area contributed by atoms with Crippen molar-refractivity contribution in [1.82, 2.24) is 4.98 Å². The molecular weight excluding hydrogens is 448 g/mol. The van der Waals surface area contributed by atoms with Crippen LogP contribution in [0.15, 0.2) is 102 Å². The molecule has 0 unspecified atom stereocenters. The molecule has 0 amide bonds. The van der Waals surface area contributed by atoms with Gasteiger partial charge in [-0.05, 0) is 56.5 Å². The lowest BCUT2D eigenvalue weighted by atomic mass is 9.96. The zero-order valence-corrected chi connectivity index (χ0v) is 21.8. The number of aryl methyl sites for hydroxylation is 4. The topological polar surface area (TPSA) is 28.1 Å². The van der Waals surface area contributed by atoms with Crippen LogP contribution in [-0.4, -0.2) is 10.7 Å². The number of hydrogen-bond acceptors (Lipinski definition) is 1. The summed E-state index contributed by atoms with van der Waals surface area (Å²) in [6, 6.07) is 34.6. The van der Waals surface area contributed by atoms with Crippen LogP contribution in [0.1, 0.15) is 44.6 Å². The van der Waals surface area contributed by atoms with E-state index in [4.69, 9.17) is 4.99 Å². The molecule has 5 aromatic rings. The fourth-order valence-electron chi connectivity index (χ4n) is 5.51. The third-order valence-electron chi connectivity index (χ3n) is 7.18. The average molecular weight is 479 g/mol. The standard InChI is InChI=1S/C35H30N2/c1-22-14-16-27(17-15-22)35-29-13-9-8-12-28(29)31(37-35)21-32-30(26-10-6-5-7-11-26)20-33(36-32)34-24(3)18-23(2)19-25(34)4/h5-21,36H,1-4H3. The van der Waals surface area contributed by atoms with E-state index in [0.717, 1.165) is 33.9 Å². The molecule has 6 rings (SSSR count). The fraction of sp³-hybridized carbons (Fsp3) is 0.114. The van der Waals surface area contributed by atoms with Gasteiger partial charge in [0.15, 0.2) is 0 Å². The first-order valence-corrected chi connectivity index (χ1v) is 12.8. The fourth-order valence-corrected chi connectivity index (χ4v) is 5.51. The molecule has 1 N–H and O–H groups in total. The van der Waals surface area contributed by atoms with Crippen molar-refractivity contribution in [2.45, 2.75) is 27.7 Å². The third kappa shape index (κ3) is 4.25. The van der Waals surface area contributed by atoms with E-state index in [1.165, 1.54) is 44.5 Å². The van der Waals surface area contributed by atoms with E-state index in [2.05, 4.69) is 136 Å². The Morgan fingerprint density at radius 2 is 1.24 bits per heavy atom. The van der Waals surface area contributed by atoms with Crippen LogP contribution in [0.5, 0.6) is 0 Å². The third-order valence-corrected chi connectivity index (χ3v) is 7.18. The van der Waals surface area contributed by atoms with Crippen molar-refractivity contribution >= 4 is 17.5 Å². The van der Waals surface area contributed by atoms with Crippen molar-refractivity contribution in [3.63, 3.8) is 0 Å². The highest BCUT2D eigenvalue weighted by atomic mass is 14.8. The van der Waals surface area contributed by atoms with Gasteiger partial charge in [-0.3, -0.25) is 0 Å². The van der Waals surface area contributed by atoms with Crippen LogP contribution < -0.4 is 0 Å². The number of rotatable bonds is 4. The van der Waals surface area contributed by atoms with Crippen molar-refractivity contribution in [3.8, 4) is 22.4 Å². The highest BCUT2D eigenvalue weighted by Crippen LogP contribution is 2.38. The van der Waals surface area contributed by atoms with E-state index < -0.39 is 0 Å². The molecule has 2 nitrogen and oxygen atoms in total. The molecule has 0 saturated heterocycles. The molecule has 0 spiro atoms. The first-order chi connectivity index (χ1) is 18.0. The Balaban J connectivity index is 1.54. The van der Waals surface area contributed by atoms with Crippen molar-refractivity contribution in [1.29, 1.82) is 0 Å². The second kappa shape index (κ2) is 9.22.